The van der Waals surface area contributed by atoms with Crippen LogP contribution < -0.4 is 5.32 Å². The molecule has 0 radical (unpaired) electrons. The minimum atomic E-state index is -0.813. The van der Waals surface area contributed by atoms with E-state index >= 15 is 0 Å². The summed E-state index contributed by atoms with van der Waals surface area (Å²) in [5.41, 5.74) is 0.837. The molecule has 72 valence electrons. The fourth-order valence-corrected chi connectivity index (χ4v) is 2.47. The SMILES string of the molecule is FC(c1ccsc1)C1CCCCN1. The van der Waals surface area contributed by atoms with Crippen LogP contribution in [0.5, 0.6) is 0 Å². The number of nitrogens with one attached hydrogen (secondary N) is 1. The smallest absolute Gasteiger partial charge is 0.141 e. The molecule has 1 N–H and O–H groups in total. The van der Waals surface area contributed by atoms with E-state index in [0.29, 0.717) is 0 Å². The van der Waals surface area contributed by atoms with Crippen LogP contribution in [0.2, 0.25) is 0 Å². The van der Waals surface area contributed by atoms with Crippen molar-refractivity contribution < 1.29 is 4.39 Å². The van der Waals surface area contributed by atoms with Crippen LogP contribution in [0.4, 0.5) is 4.39 Å². The largest absolute Gasteiger partial charge is 0.311 e. The number of hydrogen-bond acceptors (Lipinski definition) is 2. The number of piperidine rings is 1. The predicted octanol–water partition coefficient (Wildman–Crippen LogP) is 2.90. The van der Waals surface area contributed by atoms with Crippen molar-refractivity contribution in [1.29, 1.82) is 0 Å². The van der Waals surface area contributed by atoms with E-state index in [4.69, 9.17) is 0 Å². The van der Waals surface area contributed by atoms with Crippen LogP contribution in [0.1, 0.15) is 31.0 Å². The van der Waals surface area contributed by atoms with E-state index in [1.54, 1.807) is 11.3 Å². The first kappa shape index (κ1) is 9.16. The maximum atomic E-state index is 13.8. The molecule has 0 aliphatic carbocycles. The lowest BCUT2D eigenvalue weighted by atomic mass is 9.98. The van der Waals surface area contributed by atoms with Gasteiger partial charge in [0.1, 0.15) is 6.17 Å². The molecule has 2 atom stereocenters. The maximum Gasteiger partial charge on any atom is 0.141 e. The van der Waals surface area contributed by atoms with Crippen LogP contribution in [0.25, 0.3) is 0 Å². The summed E-state index contributed by atoms with van der Waals surface area (Å²) in [6.07, 6.45) is 2.50. The molecule has 1 nitrogen and oxygen atoms in total. The first-order valence-corrected chi connectivity index (χ1v) is 5.72. The quantitative estimate of drug-likeness (QED) is 0.772. The fraction of sp³-hybridized carbons (Fsp3) is 0.600. The fourth-order valence-electron chi connectivity index (χ4n) is 1.79. The highest BCUT2D eigenvalue weighted by Crippen LogP contribution is 2.27. The van der Waals surface area contributed by atoms with E-state index in [2.05, 4.69) is 5.32 Å². The minimum absolute atomic E-state index is 0.0448. The molecule has 2 unspecified atom stereocenters. The summed E-state index contributed by atoms with van der Waals surface area (Å²) in [5.74, 6) is 0. The number of hydrogen-bond donors (Lipinski definition) is 1. The highest BCUT2D eigenvalue weighted by molar-refractivity contribution is 7.07. The zero-order valence-corrected chi connectivity index (χ0v) is 8.32. The summed E-state index contributed by atoms with van der Waals surface area (Å²) in [4.78, 5) is 0. The van der Waals surface area contributed by atoms with Crippen LogP contribution in [-0.4, -0.2) is 12.6 Å². The average Bonchev–Trinajstić information content (AvgIpc) is 2.71. The van der Waals surface area contributed by atoms with E-state index in [1.165, 1.54) is 6.42 Å². The molecule has 3 heteroatoms. The van der Waals surface area contributed by atoms with Gasteiger partial charge in [0.05, 0.1) is 0 Å². The summed E-state index contributed by atoms with van der Waals surface area (Å²) in [6.45, 7) is 0.967. The molecule has 1 aromatic heterocycles. The van der Waals surface area contributed by atoms with Crippen molar-refractivity contribution in [3.8, 4) is 0 Å². The van der Waals surface area contributed by atoms with Crippen molar-refractivity contribution in [3.63, 3.8) is 0 Å². The average molecular weight is 199 g/mol. The zero-order chi connectivity index (χ0) is 9.10. The molecule has 1 aliphatic rings. The third-order valence-corrected chi connectivity index (χ3v) is 3.26. The lowest BCUT2D eigenvalue weighted by molar-refractivity contribution is 0.222. The molecule has 2 heterocycles. The number of thiophene rings is 1. The van der Waals surface area contributed by atoms with Crippen molar-refractivity contribution in [3.05, 3.63) is 22.4 Å². The highest BCUT2D eigenvalue weighted by atomic mass is 32.1. The predicted molar refractivity (Wildman–Crippen MR) is 53.8 cm³/mol. The molecular weight excluding hydrogens is 185 g/mol. The standard InChI is InChI=1S/C10H14FNS/c11-10(8-4-6-13-7-8)9-3-1-2-5-12-9/h4,6-7,9-10,12H,1-3,5H2. The lowest BCUT2D eigenvalue weighted by Crippen LogP contribution is -2.37. The van der Waals surface area contributed by atoms with Crippen molar-refractivity contribution in [2.45, 2.75) is 31.5 Å². The van der Waals surface area contributed by atoms with Gasteiger partial charge in [-0.25, -0.2) is 4.39 Å². The Bertz CT molecular complexity index is 241. The summed E-state index contributed by atoms with van der Waals surface area (Å²) in [7, 11) is 0. The third-order valence-electron chi connectivity index (χ3n) is 2.56. The van der Waals surface area contributed by atoms with Crippen LogP contribution in [0.3, 0.4) is 0 Å². The Morgan fingerprint density at radius 1 is 1.54 bits per heavy atom. The third kappa shape index (κ3) is 2.09. The molecule has 1 aromatic rings. The Kier molecular flexibility index (Phi) is 2.96. The Hall–Kier alpha value is -0.410. The summed E-state index contributed by atoms with van der Waals surface area (Å²) < 4.78 is 13.8. The molecular formula is C10H14FNS. The van der Waals surface area contributed by atoms with Gasteiger partial charge in [0, 0.05) is 6.04 Å². The number of halogens is 1. The van der Waals surface area contributed by atoms with E-state index in [9.17, 15) is 4.39 Å². The van der Waals surface area contributed by atoms with Crippen LogP contribution in [-0.2, 0) is 0 Å². The van der Waals surface area contributed by atoms with Gasteiger partial charge in [-0.05, 0) is 41.8 Å². The van der Waals surface area contributed by atoms with Gasteiger partial charge in [0.25, 0.3) is 0 Å². The monoisotopic (exact) mass is 199 g/mol. The topological polar surface area (TPSA) is 12.0 Å². The van der Waals surface area contributed by atoms with Gasteiger partial charge in [-0.1, -0.05) is 6.42 Å². The minimum Gasteiger partial charge on any atom is -0.311 e. The van der Waals surface area contributed by atoms with Crippen molar-refractivity contribution >= 4 is 11.3 Å². The second-order valence-electron chi connectivity index (χ2n) is 3.51. The lowest BCUT2D eigenvalue weighted by Gasteiger charge is -2.26. The zero-order valence-electron chi connectivity index (χ0n) is 7.50. The first-order valence-electron chi connectivity index (χ1n) is 4.77. The Balaban J connectivity index is 1.99. The second kappa shape index (κ2) is 4.20. The first-order chi connectivity index (χ1) is 6.38. The van der Waals surface area contributed by atoms with E-state index in [1.807, 2.05) is 16.8 Å². The number of alkyl halides is 1. The van der Waals surface area contributed by atoms with E-state index in [0.717, 1.165) is 24.9 Å². The van der Waals surface area contributed by atoms with Gasteiger partial charge in [-0.3, -0.25) is 0 Å². The molecule has 13 heavy (non-hydrogen) atoms. The molecule has 2 rings (SSSR count). The van der Waals surface area contributed by atoms with Gasteiger partial charge in [0.2, 0.25) is 0 Å². The summed E-state index contributed by atoms with van der Waals surface area (Å²) in [6, 6.07) is 1.93. The van der Waals surface area contributed by atoms with Crippen LogP contribution in [0, 0.1) is 0 Å². The van der Waals surface area contributed by atoms with Gasteiger partial charge < -0.3 is 5.32 Å². The Labute approximate surface area is 82.0 Å². The molecule has 1 aliphatic heterocycles. The normalized spacial score (nSPS) is 25.8. The van der Waals surface area contributed by atoms with Gasteiger partial charge in [0.15, 0.2) is 0 Å². The maximum absolute atomic E-state index is 13.8. The van der Waals surface area contributed by atoms with E-state index in [-0.39, 0.29) is 6.04 Å². The molecule has 0 saturated carbocycles. The van der Waals surface area contributed by atoms with Crippen molar-refractivity contribution in [2.75, 3.05) is 6.54 Å². The van der Waals surface area contributed by atoms with Crippen LogP contribution in [0.15, 0.2) is 16.8 Å². The van der Waals surface area contributed by atoms with Crippen LogP contribution >= 0.6 is 11.3 Å². The van der Waals surface area contributed by atoms with Gasteiger partial charge in [-0.2, -0.15) is 11.3 Å². The second-order valence-corrected chi connectivity index (χ2v) is 4.29. The molecule has 1 saturated heterocycles. The summed E-state index contributed by atoms with van der Waals surface area (Å²) in [5, 5.41) is 7.08. The molecule has 0 aromatic carbocycles. The molecule has 0 bridgehead atoms. The summed E-state index contributed by atoms with van der Waals surface area (Å²) >= 11 is 1.56. The van der Waals surface area contributed by atoms with Gasteiger partial charge >= 0.3 is 0 Å². The van der Waals surface area contributed by atoms with E-state index < -0.39 is 6.17 Å². The number of rotatable bonds is 2. The molecule has 0 spiro atoms. The van der Waals surface area contributed by atoms with Crippen molar-refractivity contribution in [1.82, 2.24) is 5.32 Å². The van der Waals surface area contributed by atoms with Crippen molar-refractivity contribution in [2.24, 2.45) is 0 Å². The highest BCUT2D eigenvalue weighted by Gasteiger charge is 2.24. The Morgan fingerprint density at radius 3 is 3.08 bits per heavy atom. The molecule has 1 fully saturated rings. The Morgan fingerprint density at radius 2 is 2.46 bits per heavy atom. The molecule has 0 amide bonds. The van der Waals surface area contributed by atoms with Gasteiger partial charge in [-0.15, -0.1) is 0 Å².